The SMILES string of the molecule is Cn1cc(C(CC(c2ccc(S(C)(=O)=O)cc2)c2cc(Cl)ccc2Cl)=NO)ccc1=O. The molecule has 0 fully saturated rings. The quantitative estimate of drug-likeness (QED) is 0.321. The maximum atomic E-state index is 11.8. The summed E-state index contributed by atoms with van der Waals surface area (Å²) in [5.41, 5.74) is 2.19. The number of oxime groups is 1. The number of benzene rings is 2. The largest absolute Gasteiger partial charge is 0.411 e. The Balaban J connectivity index is 2.10. The van der Waals surface area contributed by atoms with Gasteiger partial charge in [-0.3, -0.25) is 4.79 Å². The number of hydrogen-bond donors (Lipinski definition) is 1. The zero-order valence-electron chi connectivity index (χ0n) is 16.8. The molecule has 1 N–H and O–H groups in total. The van der Waals surface area contributed by atoms with Crippen LogP contribution in [0.4, 0.5) is 0 Å². The van der Waals surface area contributed by atoms with Crippen LogP contribution in [0.5, 0.6) is 0 Å². The Kier molecular flexibility index (Phi) is 6.89. The summed E-state index contributed by atoms with van der Waals surface area (Å²) in [5, 5.41) is 14.1. The third kappa shape index (κ3) is 5.36. The molecule has 0 amide bonds. The molecule has 6 nitrogen and oxygen atoms in total. The lowest BCUT2D eigenvalue weighted by atomic mass is 9.85. The second-order valence-corrected chi connectivity index (χ2v) is 10.0. The Hall–Kier alpha value is -2.61. The van der Waals surface area contributed by atoms with Gasteiger partial charge in [0.1, 0.15) is 0 Å². The second-order valence-electron chi connectivity index (χ2n) is 7.18. The average Bonchev–Trinajstić information content (AvgIpc) is 2.73. The van der Waals surface area contributed by atoms with E-state index in [1.807, 2.05) is 0 Å². The molecular formula is C22H20Cl2N2O4S. The van der Waals surface area contributed by atoms with E-state index in [9.17, 15) is 18.4 Å². The molecule has 0 saturated carbocycles. The van der Waals surface area contributed by atoms with E-state index in [2.05, 4.69) is 5.16 Å². The fourth-order valence-electron chi connectivity index (χ4n) is 3.31. The van der Waals surface area contributed by atoms with Gasteiger partial charge in [-0.25, -0.2) is 8.42 Å². The van der Waals surface area contributed by atoms with Crippen LogP contribution in [0.3, 0.4) is 0 Å². The Morgan fingerprint density at radius 1 is 1.10 bits per heavy atom. The number of aromatic nitrogens is 1. The topological polar surface area (TPSA) is 88.7 Å². The first-order chi connectivity index (χ1) is 14.6. The molecule has 0 spiro atoms. The van der Waals surface area contributed by atoms with Crippen molar-refractivity contribution in [2.75, 3.05) is 6.26 Å². The first kappa shape index (κ1) is 23.1. The van der Waals surface area contributed by atoms with E-state index in [0.29, 0.717) is 26.9 Å². The van der Waals surface area contributed by atoms with Gasteiger partial charge in [0, 0.05) is 53.5 Å². The lowest BCUT2D eigenvalue weighted by Crippen LogP contribution is -2.18. The molecule has 1 atom stereocenters. The van der Waals surface area contributed by atoms with E-state index in [1.54, 1.807) is 49.6 Å². The van der Waals surface area contributed by atoms with Gasteiger partial charge in [0.15, 0.2) is 9.84 Å². The Labute approximate surface area is 190 Å². The summed E-state index contributed by atoms with van der Waals surface area (Å²) < 4.78 is 25.1. The van der Waals surface area contributed by atoms with Crippen LogP contribution in [-0.4, -0.2) is 30.2 Å². The van der Waals surface area contributed by atoms with Crippen LogP contribution in [0.2, 0.25) is 10.0 Å². The molecule has 1 unspecified atom stereocenters. The molecular weight excluding hydrogens is 459 g/mol. The van der Waals surface area contributed by atoms with Crippen LogP contribution >= 0.6 is 23.2 Å². The highest BCUT2D eigenvalue weighted by molar-refractivity contribution is 7.90. The molecule has 162 valence electrons. The number of sulfone groups is 1. The minimum absolute atomic E-state index is 0.188. The second kappa shape index (κ2) is 9.26. The highest BCUT2D eigenvalue weighted by Crippen LogP contribution is 2.36. The maximum absolute atomic E-state index is 11.8. The summed E-state index contributed by atoms with van der Waals surface area (Å²) in [6.45, 7) is 0. The van der Waals surface area contributed by atoms with Crippen molar-refractivity contribution in [2.45, 2.75) is 17.2 Å². The minimum atomic E-state index is -3.35. The van der Waals surface area contributed by atoms with Crippen LogP contribution in [0.15, 0.2) is 75.6 Å². The fourth-order valence-corrected chi connectivity index (χ4v) is 4.37. The zero-order chi connectivity index (χ0) is 22.8. The van der Waals surface area contributed by atoms with E-state index < -0.39 is 9.84 Å². The number of nitrogens with zero attached hydrogens (tertiary/aromatic N) is 2. The Morgan fingerprint density at radius 2 is 1.77 bits per heavy atom. The summed E-state index contributed by atoms with van der Waals surface area (Å²) >= 11 is 12.7. The summed E-state index contributed by atoms with van der Waals surface area (Å²) in [5.74, 6) is -0.386. The molecule has 0 saturated heterocycles. The monoisotopic (exact) mass is 478 g/mol. The first-order valence-corrected chi connectivity index (χ1v) is 11.9. The van der Waals surface area contributed by atoms with Gasteiger partial charge in [-0.15, -0.1) is 0 Å². The predicted molar refractivity (Wildman–Crippen MR) is 122 cm³/mol. The van der Waals surface area contributed by atoms with Crippen LogP contribution in [-0.2, 0) is 16.9 Å². The standard InChI is InChI=1S/C22H20Cl2N2O4S/c1-26-13-15(5-10-22(26)27)21(25-28)12-18(19-11-16(23)6-9-20(19)24)14-3-7-17(8-4-14)31(2,29)30/h3-11,13,18,28H,12H2,1-2H3. The van der Waals surface area contributed by atoms with Crippen molar-refractivity contribution < 1.29 is 13.6 Å². The molecule has 1 aromatic heterocycles. The summed E-state index contributed by atoms with van der Waals surface area (Å²) in [4.78, 5) is 11.9. The third-order valence-corrected chi connectivity index (χ3v) is 6.69. The fraction of sp³-hybridized carbons (Fsp3) is 0.182. The molecule has 31 heavy (non-hydrogen) atoms. The van der Waals surface area contributed by atoms with Crippen molar-refractivity contribution in [3.05, 3.63) is 97.9 Å². The molecule has 0 aliphatic rings. The molecule has 3 rings (SSSR count). The number of hydrogen-bond acceptors (Lipinski definition) is 5. The first-order valence-electron chi connectivity index (χ1n) is 9.23. The highest BCUT2D eigenvalue weighted by atomic mass is 35.5. The smallest absolute Gasteiger partial charge is 0.250 e. The molecule has 0 aliphatic carbocycles. The normalized spacial score (nSPS) is 13.2. The van der Waals surface area contributed by atoms with Crippen LogP contribution in [0, 0.1) is 0 Å². The van der Waals surface area contributed by atoms with Crippen molar-refractivity contribution in [3.8, 4) is 0 Å². The lowest BCUT2D eigenvalue weighted by Gasteiger charge is -2.21. The lowest BCUT2D eigenvalue weighted by molar-refractivity contribution is 0.317. The van der Waals surface area contributed by atoms with Crippen molar-refractivity contribution in [2.24, 2.45) is 12.2 Å². The van der Waals surface area contributed by atoms with Gasteiger partial charge in [0.2, 0.25) is 5.56 Å². The molecule has 0 aliphatic heterocycles. The minimum Gasteiger partial charge on any atom is -0.411 e. The van der Waals surface area contributed by atoms with Gasteiger partial charge in [-0.1, -0.05) is 40.5 Å². The molecule has 2 aromatic carbocycles. The van der Waals surface area contributed by atoms with Crippen molar-refractivity contribution >= 4 is 38.8 Å². The van der Waals surface area contributed by atoms with E-state index in [0.717, 1.165) is 11.8 Å². The van der Waals surface area contributed by atoms with E-state index in [1.165, 1.54) is 22.8 Å². The number of aryl methyl sites for hydroxylation is 1. The van der Waals surface area contributed by atoms with Crippen molar-refractivity contribution in [1.82, 2.24) is 4.57 Å². The number of halogens is 2. The number of pyridine rings is 1. The highest BCUT2D eigenvalue weighted by Gasteiger charge is 2.22. The van der Waals surface area contributed by atoms with E-state index in [-0.39, 0.29) is 22.8 Å². The Bertz CT molecular complexity index is 1300. The molecule has 3 aromatic rings. The van der Waals surface area contributed by atoms with Crippen molar-refractivity contribution in [3.63, 3.8) is 0 Å². The summed E-state index contributed by atoms with van der Waals surface area (Å²) in [6, 6.07) is 14.5. The molecule has 9 heteroatoms. The van der Waals surface area contributed by atoms with Gasteiger partial charge in [0.25, 0.3) is 0 Å². The van der Waals surface area contributed by atoms with Crippen LogP contribution in [0.25, 0.3) is 0 Å². The van der Waals surface area contributed by atoms with Gasteiger partial charge < -0.3 is 9.77 Å². The maximum Gasteiger partial charge on any atom is 0.250 e. The van der Waals surface area contributed by atoms with Crippen LogP contribution in [0.1, 0.15) is 29.0 Å². The van der Waals surface area contributed by atoms with Gasteiger partial charge in [-0.2, -0.15) is 0 Å². The van der Waals surface area contributed by atoms with Crippen LogP contribution < -0.4 is 5.56 Å². The molecule has 0 radical (unpaired) electrons. The summed E-state index contributed by atoms with van der Waals surface area (Å²) in [6.07, 6.45) is 2.96. The molecule has 1 heterocycles. The Morgan fingerprint density at radius 3 is 2.35 bits per heavy atom. The zero-order valence-corrected chi connectivity index (χ0v) is 19.1. The van der Waals surface area contributed by atoms with Gasteiger partial charge in [-0.05, 0) is 47.5 Å². The van der Waals surface area contributed by atoms with E-state index in [4.69, 9.17) is 23.2 Å². The molecule has 0 bridgehead atoms. The number of rotatable bonds is 6. The van der Waals surface area contributed by atoms with E-state index >= 15 is 0 Å². The summed E-state index contributed by atoms with van der Waals surface area (Å²) in [7, 11) is -1.74. The predicted octanol–water partition coefficient (Wildman–Crippen LogP) is 4.50. The van der Waals surface area contributed by atoms with Crippen molar-refractivity contribution in [1.29, 1.82) is 0 Å². The van der Waals surface area contributed by atoms with Gasteiger partial charge in [0.05, 0.1) is 10.6 Å². The third-order valence-electron chi connectivity index (χ3n) is 4.98. The van der Waals surface area contributed by atoms with Gasteiger partial charge >= 0.3 is 0 Å². The average molecular weight is 479 g/mol.